The Hall–Kier alpha value is -4.38. The van der Waals surface area contributed by atoms with E-state index >= 15 is 0 Å². The Morgan fingerprint density at radius 1 is 0.714 bits per heavy atom. The Bertz CT molecular complexity index is 2400. The number of allylic oxidation sites excluding steroid dienone is 1. The minimum atomic E-state index is 0.428. The maximum absolute atomic E-state index is 4.55. The average Bonchev–Trinajstić information content (AvgIpc) is 3.71. The van der Waals surface area contributed by atoms with Crippen molar-refractivity contribution in [1.82, 2.24) is 10.3 Å². The molecule has 0 saturated carbocycles. The van der Waals surface area contributed by atoms with Crippen LogP contribution in [0.15, 0.2) is 110 Å². The lowest BCUT2D eigenvalue weighted by atomic mass is 9.98. The van der Waals surface area contributed by atoms with Crippen molar-refractivity contribution >= 4 is 90.5 Å². The quantitative estimate of drug-likeness (QED) is 0.200. The summed E-state index contributed by atoms with van der Waals surface area (Å²) in [6.45, 7) is 4.55. The first kappa shape index (κ1) is 24.2. The molecule has 202 valence electrons. The van der Waals surface area contributed by atoms with E-state index in [1.54, 1.807) is 0 Å². The fourth-order valence-corrected chi connectivity index (χ4v) is 9.25. The number of rotatable bonds is 4. The van der Waals surface area contributed by atoms with Crippen LogP contribution >= 0.6 is 22.7 Å². The summed E-state index contributed by atoms with van der Waals surface area (Å²) in [4.78, 5) is 3.76. The van der Waals surface area contributed by atoms with Gasteiger partial charge in [-0.05, 0) is 60.7 Å². The molecule has 5 aromatic carbocycles. The first-order chi connectivity index (χ1) is 20.7. The van der Waals surface area contributed by atoms with E-state index in [9.17, 15) is 0 Å². The van der Waals surface area contributed by atoms with Crippen LogP contribution in [0, 0.1) is 0 Å². The van der Waals surface area contributed by atoms with E-state index < -0.39 is 0 Å². The van der Waals surface area contributed by atoms with E-state index in [0.29, 0.717) is 6.04 Å². The predicted molar refractivity (Wildman–Crippen MR) is 186 cm³/mol. The Kier molecular flexibility index (Phi) is 5.38. The molecule has 3 aromatic heterocycles. The number of para-hydroxylation sites is 1. The molecule has 42 heavy (non-hydrogen) atoms. The fraction of sp³-hybridized carbons (Fsp3) is 0.105. The molecule has 0 bridgehead atoms. The smallest absolute Gasteiger partial charge is 0.0573 e. The summed E-state index contributed by atoms with van der Waals surface area (Å²) >= 11 is 3.79. The van der Waals surface area contributed by atoms with Crippen molar-refractivity contribution in [1.29, 1.82) is 0 Å². The van der Waals surface area contributed by atoms with Crippen molar-refractivity contribution in [2.24, 2.45) is 0 Å². The van der Waals surface area contributed by atoms with Crippen LogP contribution in [0.2, 0.25) is 0 Å². The van der Waals surface area contributed by atoms with Crippen molar-refractivity contribution in [3.63, 3.8) is 0 Å². The minimum absolute atomic E-state index is 0.428. The van der Waals surface area contributed by atoms with Crippen LogP contribution in [0.5, 0.6) is 0 Å². The van der Waals surface area contributed by atoms with Crippen LogP contribution in [-0.4, -0.2) is 11.0 Å². The molecule has 2 N–H and O–H groups in total. The molecule has 0 fully saturated rings. The van der Waals surface area contributed by atoms with E-state index in [0.717, 1.165) is 25.0 Å². The molecule has 2 nitrogen and oxygen atoms in total. The molecule has 0 radical (unpaired) electrons. The maximum atomic E-state index is 4.55. The third-order valence-corrected chi connectivity index (χ3v) is 11.2. The molecule has 1 atom stereocenters. The van der Waals surface area contributed by atoms with Crippen molar-refractivity contribution < 1.29 is 0 Å². The van der Waals surface area contributed by atoms with Crippen LogP contribution in [-0.2, 0) is 0 Å². The largest absolute Gasteiger partial charge is 0.382 e. The first-order valence-corrected chi connectivity index (χ1v) is 16.3. The number of hydrogen-bond donors (Lipinski definition) is 2. The Morgan fingerprint density at radius 3 is 2.24 bits per heavy atom. The number of H-pyrrole nitrogens is 1. The van der Waals surface area contributed by atoms with Gasteiger partial charge in [0.25, 0.3) is 0 Å². The van der Waals surface area contributed by atoms with E-state index in [-0.39, 0.29) is 0 Å². The topological polar surface area (TPSA) is 27.8 Å². The molecule has 1 aliphatic carbocycles. The third-order valence-electron chi connectivity index (χ3n) is 8.90. The third kappa shape index (κ3) is 3.69. The lowest BCUT2D eigenvalue weighted by molar-refractivity contribution is 0.545. The van der Waals surface area contributed by atoms with Crippen molar-refractivity contribution in [3.8, 4) is 11.1 Å². The predicted octanol–water partition coefficient (Wildman–Crippen LogP) is 11.4. The number of nitrogens with one attached hydrogen (secondary N) is 2. The number of hydrogen-bond acceptors (Lipinski definition) is 3. The van der Waals surface area contributed by atoms with Crippen molar-refractivity contribution in [2.75, 3.05) is 0 Å². The Morgan fingerprint density at radius 2 is 1.43 bits per heavy atom. The van der Waals surface area contributed by atoms with E-state index in [4.69, 9.17) is 0 Å². The van der Waals surface area contributed by atoms with Gasteiger partial charge in [0.15, 0.2) is 0 Å². The van der Waals surface area contributed by atoms with E-state index in [2.05, 4.69) is 120 Å². The lowest BCUT2D eigenvalue weighted by Crippen LogP contribution is -2.28. The fourth-order valence-electron chi connectivity index (χ4n) is 6.81. The van der Waals surface area contributed by atoms with Crippen LogP contribution in [0.4, 0.5) is 0 Å². The molecule has 0 spiro atoms. The summed E-state index contributed by atoms with van der Waals surface area (Å²) in [5.41, 5.74) is 7.05. The van der Waals surface area contributed by atoms with Gasteiger partial charge in [0, 0.05) is 73.9 Å². The zero-order valence-electron chi connectivity index (χ0n) is 23.0. The van der Waals surface area contributed by atoms with Crippen LogP contribution < -0.4 is 5.32 Å². The summed E-state index contributed by atoms with van der Waals surface area (Å²) in [6.07, 6.45) is 7.90. The zero-order chi connectivity index (χ0) is 27.8. The number of fused-ring (bicyclic) bond motifs is 10. The molecular weight excluding hydrogens is 549 g/mol. The number of thiophene rings is 2. The highest BCUT2D eigenvalue weighted by Gasteiger charge is 2.20. The van der Waals surface area contributed by atoms with Crippen LogP contribution in [0.25, 0.3) is 79.0 Å². The van der Waals surface area contributed by atoms with Gasteiger partial charge in [-0.25, -0.2) is 0 Å². The molecule has 3 heterocycles. The van der Waals surface area contributed by atoms with Gasteiger partial charge in [0.2, 0.25) is 0 Å². The molecule has 8 aromatic rings. The maximum Gasteiger partial charge on any atom is 0.0573 e. The molecule has 0 saturated heterocycles. The second kappa shape index (κ2) is 9.32. The monoisotopic (exact) mass is 576 g/mol. The van der Waals surface area contributed by atoms with Gasteiger partial charge in [0.1, 0.15) is 0 Å². The SMILES string of the molecule is C=C(NC1CC=CCC1)c1cc2c3ccc(-c4ccc5c(c4)sc4ccccc45)cc3sc2c2c1[nH]c1ccccc12. The van der Waals surface area contributed by atoms with E-state index in [1.807, 2.05) is 22.7 Å². The first-order valence-electron chi connectivity index (χ1n) is 14.6. The van der Waals surface area contributed by atoms with Crippen molar-refractivity contribution in [2.45, 2.75) is 25.3 Å². The highest BCUT2D eigenvalue weighted by Crippen LogP contribution is 2.45. The lowest BCUT2D eigenvalue weighted by Gasteiger charge is -2.22. The summed E-state index contributed by atoms with van der Waals surface area (Å²) < 4.78 is 5.35. The highest BCUT2D eigenvalue weighted by atomic mass is 32.1. The van der Waals surface area contributed by atoms with Crippen molar-refractivity contribution in [3.05, 3.63) is 115 Å². The minimum Gasteiger partial charge on any atom is -0.382 e. The number of aromatic nitrogens is 1. The second-order valence-corrected chi connectivity index (χ2v) is 13.6. The molecule has 1 unspecified atom stereocenters. The standard InChI is InChI=1S/C38H28N2S2/c1-22(39-25-9-3-2-4-10-25)30-21-31-28-18-16-24(23-15-17-27-26-11-6-8-14-33(26)41-34(27)19-23)20-35(28)42-38(31)36-29-12-5-7-13-32(29)40-37(30)36/h2-3,5-8,11-21,25,39-40H,1,4,9-10H2. The van der Waals surface area contributed by atoms with Gasteiger partial charge in [0.05, 0.1) is 5.52 Å². The van der Waals surface area contributed by atoms with E-state index in [1.165, 1.54) is 78.8 Å². The molecule has 9 rings (SSSR count). The zero-order valence-corrected chi connectivity index (χ0v) is 24.7. The summed E-state index contributed by atoms with van der Waals surface area (Å²) in [7, 11) is 0. The molecular formula is C38H28N2S2. The Balaban J connectivity index is 1.23. The van der Waals surface area contributed by atoms with Gasteiger partial charge in [-0.2, -0.15) is 0 Å². The molecule has 1 aliphatic rings. The van der Waals surface area contributed by atoms with Gasteiger partial charge >= 0.3 is 0 Å². The van der Waals surface area contributed by atoms with Crippen LogP contribution in [0.1, 0.15) is 24.8 Å². The summed E-state index contributed by atoms with van der Waals surface area (Å²) in [5.74, 6) is 0. The summed E-state index contributed by atoms with van der Waals surface area (Å²) in [6, 6.07) is 34.1. The average molecular weight is 577 g/mol. The molecule has 4 heteroatoms. The highest BCUT2D eigenvalue weighted by molar-refractivity contribution is 7.27. The number of aromatic amines is 1. The van der Waals surface area contributed by atoms with Crippen LogP contribution in [0.3, 0.4) is 0 Å². The molecule has 0 amide bonds. The number of benzene rings is 5. The van der Waals surface area contributed by atoms with Gasteiger partial charge < -0.3 is 10.3 Å². The second-order valence-electron chi connectivity index (χ2n) is 11.4. The molecule has 0 aliphatic heterocycles. The normalized spacial score (nSPS) is 15.6. The van der Waals surface area contributed by atoms with Gasteiger partial charge in [-0.1, -0.05) is 79.4 Å². The Labute approximate surface area is 251 Å². The van der Waals surface area contributed by atoms with Gasteiger partial charge in [-0.3, -0.25) is 0 Å². The van der Waals surface area contributed by atoms with Gasteiger partial charge in [-0.15, -0.1) is 22.7 Å². The summed E-state index contributed by atoms with van der Waals surface area (Å²) in [5, 5.41) is 11.7.